The molecule has 2 N–H and O–H groups in total. The molecule has 0 aromatic heterocycles. The van der Waals surface area contributed by atoms with Crippen molar-refractivity contribution in [1.29, 1.82) is 0 Å². The molecule has 2 aromatic carbocycles. The number of ether oxygens (including phenoxy) is 1. The fourth-order valence-electron chi connectivity index (χ4n) is 2.04. The molecule has 106 valence electrons. The van der Waals surface area contributed by atoms with Crippen LogP contribution in [0, 0.1) is 6.92 Å². The number of rotatable bonds is 5. The zero-order chi connectivity index (χ0) is 14.5. The standard InChI is InChI=1S/C17H20BrNO/c1-3-14(19)11-13-10-12(2)8-9-16(13)20-17-7-5-4-6-15(17)18/h4-10,14H,3,11,19H2,1-2H3. The minimum Gasteiger partial charge on any atom is -0.456 e. The predicted molar refractivity (Wildman–Crippen MR) is 87.4 cm³/mol. The van der Waals surface area contributed by atoms with Crippen LogP contribution in [0.25, 0.3) is 0 Å². The molecule has 2 rings (SSSR count). The van der Waals surface area contributed by atoms with Gasteiger partial charge in [0.2, 0.25) is 0 Å². The van der Waals surface area contributed by atoms with Crippen LogP contribution in [0.5, 0.6) is 11.5 Å². The van der Waals surface area contributed by atoms with Crippen molar-refractivity contribution in [3.8, 4) is 11.5 Å². The van der Waals surface area contributed by atoms with E-state index in [-0.39, 0.29) is 6.04 Å². The Morgan fingerprint density at radius 2 is 1.90 bits per heavy atom. The van der Waals surface area contributed by atoms with Crippen molar-refractivity contribution in [1.82, 2.24) is 0 Å². The highest BCUT2D eigenvalue weighted by atomic mass is 79.9. The average Bonchev–Trinajstić information content (AvgIpc) is 2.44. The third kappa shape index (κ3) is 3.84. The normalized spacial score (nSPS) is 12.2. The van der Waals surface area contributed by atoms with E-state index in [1.165, 1.54) is 5.56 Å². The molecule has 1 unspecified atom stereocenters. The number of aryl methyl sites for hydroxylation is 1. The van der Waals surface area contributed by atoms with E-state index in [2.05, 4.69) is 41.9 Å². The summed E-state index contributed by atoms with van der Waals surface area (Å²) in [6.45, 7) is 4.19. The molecule has 20 heavy (non-hydrogen) atoms. The van der Waals surface area contributed by atoms with Crippen LogP contribution in [-0.2, 0) is 6.42 Å². The van der Waals surface area contributed by atoms with Crippen LogP contribution in [0.2, 0.25) is 0 Å². The van der Waals surface area contributed by atoms with Crippen molar-refractivity contribution >= 4 is 15.9 Å². The van der Waals surface area contributed by atoms with Gasteiger partial charge < -0.3 is 10.5 Å². The summed E-state index contributed by atoms with van der Waals surface area (Å²) < 4.78 is 6.99. The molecule has 0 amide bonds. The summed E-state index contributed by atoms with van der Waals surface area (Å²) in [5, 5.41) is 0. The van der Waals surface area contributed by atoms with Gasteiger partial charge in [-0.1, -0.05) is 36.8 Å². The third-order valence-electron chi connectivity index (χ3n) is 3.28. The van der Waals surface area contributed by atoms with Gasteiger partial charge in [0, 0.05) is 6.04 Å². The van der Waals surface area contributed by atoms with E-state index >= 15 is 0 Å². The maximum atomic E-state index is 6.08. The Bertz CT molecular complexity index is 583. The van der Waals surface area contributed by atoms with Gasteiger partial charge in [-0.05, 0) is 59.5 Å². The smallest absolute Gasteiger partial charge is 0.141 e. The molecule has 2 nitrogen and oxygen atoms in total. The van der Waals surface area contributed by atoms with Gasteiger partial charge >= 0.3 is 0 Å². The van der Waals surface area contributed by atoms with Gasteiger partial charge in [-0.25, -0.2) is 0 Å². The van der Waals surface area contributed by atoms with Gasteiger partial charge in [0.25, 0.3) is 0 Å². The predicted octanol–water partition coefficient (Wildman–Crippen LogP) is 4.83. The molecule has 0 radical (unpaired) electrons. The molecular weight excluding hydrogens is 314 g/mol. The molecule has 2 aromatic rings. The topological polar surface area (TPSA) is 35.2 Å². The number of halogens is 1. The van der Waals surface area contributed by atoms with E-state index in [0.29, 0.717) is 0 Å². The molecule has 0 spiro atoms. The van der Waals surface area contributed by atoms with Crippen molar-refractivity contribution in [2.24, 2.45) is 5.73 Å². The van der Waals surface area contributed by atoms with Crippen molar-refractivity contribution in [2.75, 3.05) is 0 Å². The molecule has 0 aliphatic rings. The first kappa shape index (κ1) is 15.1. The molecule has 0 fully saturated rings. The summed E-state index contributed by atoms with van der Waals surface area (Å²) in [4.78, 5) is 0. The second-order valence-electron chi connectivity index (χ2n) is 5.02. The molecule has 0 saturated heterocycles. The lowest BCUT2D eigenvalue weighted by Crippen LogP contribution is -2.21. The maximum absolute atomic E-state index is 6.08. The minimum atomic E-state index is 0.165. The second-order valence-corrected chi connectivity index (χ2v) is 5.87. The second kappa shape index (κ2) is 6.91. The first-order valence-corrected chi connectivity index (χ1v) is 7.67. The number of hydrogen-bond acceptors (Lipinski definition) is 2. The zero-order valence-electron chi connectivity index (χ0n) is 11.9. The Balaban J connectivity index is 2.29. The molecule has 0 bridgehead atoms. The van der Waals surface area contributed by atoms with Crippen molar-refractivity contribution in [2.45, 2.75) is 32.7 Å². The van der Waals surface area contributed by atoms with Crippen LogP contribution in [0.4, 0.5) is 0 Å². The monoisotopic (exact) mass is 333 g/mol. The largest absolute Gasteiger partial charge is 0.456 e. The van der Waals surface area contributed by atoms with Crippen molar-refractivity contribution in [3.63, 3.8) is 0 Å². The highest BCUT2D eigenvalue weighted by Crippen LogP contribution is 2.32. The van der Waals surface area contributed by atoms with Crippen molar-refractivity contribution < 1.29 is 4.74 Å². The van der Waals surface area contributed by atoms with E-state index in [1.807, 2.05) is 30.3 Å². The van der Waals surface area contributed by atoms with E-state index in [0.717, 1.165) is 34.4 Å². The highest BCUT2D eigenvalue weighted by molar-refractivity contribution is 9.10. The SMILES string of the molecule is CCC(N)Cc1cc(C)ccc1Oc1ccccc1Br. The third-order valence-corrected chi connectivity index (χ3v) is 3.93. The first-order valence-electron chi connectivity index (χ1n) is 6.87. The van der Waals surface area contributed by atoms with Crippen LogP contribution in [0.1, 0.15) is 24.5 Å². The summed E-state index contributed by atoms with van der Waals surface area (Å²) in [6, 6.07) is 14.3. The van der Waals surface area contributed by atoms with Crippen LogP contribution in [0.3, 0.4) is 0 Å². The van der Waals surface area contributed by atoms with Gasteiger partial charge in [0.15, 0.2) is 0 Å². The van der Waals surface area contributed by atoms with E-state index in [4.69, 9.17) is 10.5 Å². The number of para-hydroxylation sites is 1. The Labute approximate surface area is 129 Å². The van der Waals surface area contributed by atoms with Gasteiger partial charge in [0.05, 0.1) is 4.47 Å². The lowest BCUT2D eigenvalue weighted by molar-refractivity contribution is 0.469. The summed E-state index contributed by atoms with van der Waals surface area (Å²) in [6.07, 6.45) is 1.79. The van der Waals surface area contributed by atoms with Crippen LogP contribution in [0.15, 0.2) is 46.9 Å². The number of hydrogen-bond donors (Lipinski definition) is 1. The van der Waals surface area contributed by atoms with Crippen LogP contribution < -0.4 is 10.5 Å². The summed E-state index contributed by atoms with van der Waals surface area (Å²) in [5.41, 5.74) is 8.47. The molecule has 1 atom stereocenters. The molecule has 0 heterocycles. The summed E-state index contributed by atoms with van der Waals surface area (Å²) in [7, 11) is 0. The lowest BCUT2D eigenvalue weighted by Gasteiger charge is -2.15. The van der Waals surface area contributed by atoms with Gasteiger partial charge in [-0.2, -0.15) is 0 Å². The number of nitrogens with two attached hydrogens (primary N) is 1. The van der Waals surface area contributed by atoms with Crippen LogP contribution in [-0.4, -0.2) is 6.04 Å². The van der Waals surface area contributed by atoms with E-state index in [9.17, 15) is 0 Å². The van der Waals surface area contributed by atoms with Crippen molar-refractivity contribution in [3.05, 3.63) is 58.1 Å². The first-order chi connectivity index (χ1) is 9.60. The van der Waals surface area contributed by atoms with Gasteiger partial charge in [-0.15, -0.1) is 0 Å². The van der Waals surface area contributed by atoms with Gasteiger partial charge in [-0.3, -0.25) is 0 Å². The molecule has 0 aliphatic heterocycles. The number of benzene rings is 2. The lowest BCUT2D eigenvalue weighted by atomic mass is 10.0. The molecule has 3 heteroatoms. The molecule has 0 aliphatic carbocycles. The van der Waals surface area contributed by atoms with E-state index in [1.54, 1.807) is 0 Å². The Morgan fingerprint density at radius 1 is 1.15 bits per heavy atom. The van der Waals surface area contributed by atoms with Gasteiger partial charge in [0.1, 0.15) is 11.5 Å². The zero-order valence-corrected chi connectivity index (χ0v) is 13.5. The Morgan fingerprint density at radius 3 is 2.60 bits per heavy atom. The Hall–Kier alpha value is -1.32. The summed E-state index contributed by atoms with van der Waals surface area (Å²) >= 11 is 3.51. The van der Waals surface area contributed by atoms with E-state index < -0.39 is 0 Å². The Kier molecular flexibility index (Phi) is 5.21. The van der Waals surface area contributed by atoms with Crippen LogP contribution >= 0.6 is 15.9 Å². The summed E-state index contributed by atoms with van der Waals surface area (Å²) in [5.74, 6) is 1.70. The average molecular weight is 334 g/mol. The quantitative estimate of drug-likeness (QED) is 0.850. The highest BCUT2D eigenvalue weighted by Gasteiger charge is 2.10. The fraction of sp³-hybridized carbons (Fsp3) is 0.294. The molecular formula is C17H20BrNO. The molecule has 0 saturated carbocycles. The fourth-order valence-corrected chi connectivity index (χ4v) is 2.41. The minimum absolute atomic E-state index is 0.165. The maximum Gasteiger partial charge on any atom is 0.141 e.